The van der Waals surface area contributed by atoms with Gasteiger partial charge < -0.3 is 21.1 Å². The Kier molecular flexibility index (Phi) is 6.50. The number of rotatable bonds is 5. The lowest BCUT2D eigenvalue weighted by molar-refractivity contribution is -0.137. The van der Waals surface area contributed by atoms with Gasteiger partial charge in [-0.2, -0.15) is 13.2 Å². The van der Waals surface area contributed by atoms with E-state index in [2.05, 4.69) is 15.6 Å². The topological polar surface area (TPSA) is 106 Å². The van der Waals surface area contributed by atoms with E-state index in [1.54, 1.807) is 24.3 Å². The van der Waals surface area contributed by atoms with Crippen LogP contribution in [-0.4, -0.2) is 23.0 Å². The van der Waals surface area contributed by atoms with Gasteiger partial charge in [-0.3, -0.25) is 9.78 Å². The van der Waals surface area contributed by atoms with Crippen LogP contribution in [0.25, 0.3) is 0 Å². The molecule has 1 atom stereocenters. The minimum atomic E-state index is -4.63. The summed E-state index contributed by atoms with van der Waals surface area (Å²) in [5, 5.41) is 4.52. The molecule has 31 heavy (non-hydrogen) atoms. The van der Waals surface area contributed by atoms with E-state index in [4.69, 9.17) is 22.1 Å². The van der Waals surface area contributed by atoms with E-state index in [1.807, 2.05) is 0 Å². The first-order valence-corrected chi connectivity index (χ1v) is 9.26. The Labute approximate surface area is 179 Å². The molecule has 162 valence electrons. The van der Waals surface area contributed by atoms with Crippen LogP contribution in [0.15, 0.2) is 60.5 Å². The van der Waals surface area contributed by atoms with Crippen molar-refractivity contribution in [1.29, 1.82) is 0 Å². The fourth-order valence-corrected chi connectivity index (χ4v) is 2.91. The summed E-state index contributed by atoms with van der Waals surface area (Å²) in [5.74, 6) is 0.164. The number of carbonyl (C=O) groups excluding carboxylic acids is 2. The molecule has 0 bridgehead atoms. The minimum Gasteiger partial charge on any atom is -0.458 e. The predicted molar refractivity (Wildman–Crippen MR) is 108 cm³/mol. The van der Waals surface area contributed by atoms with E-state index in [1.165, 1.54) is 18.3 Å². The monoisotopic (exact) mass is 452 g/mol. The molecule has 1 aromatic carbocycles. The molecule has 4 N–H and O–H groups in total. The molecular weight excluding hydrogens is 437 g/mol. The summed E-state index contributed by atoms with van der Waals surface area (Å²) in [5.41, 5.74) is 4.16. The second-order valence-corrected chi connectivity index (χ2v) is 6.85. The number of primary amides is 1. The molecule has 0 radical (unpaired) electrons. The molecule has 0 fully saturated rings. The molecule has 3 amide bonds. The summed E-state index contributed by atoms with van der Waals surface area (Å²) >= 11 is 5.57. The van der Waals surface area contributed by atoms with Crippen molar-refractivity contribution in [2.24, 2.45) is 5.73 Å². The summed E-state index contributed by atoms with van der Waals surface area (Å²) in [6, 6.07) is 4.98. The summed E-state index contributed by atoms with van der Waals surface area (Å²) in [7, 11) is 0. The number of nitrogens with one attached hydrogen (secondary N) is 2. The number of pyridine rings is 1. The molecule has 1 unspecified atom stereocenters. The van der Waals surface area contributed by atoms with Gasteiger partial charge in [0.15, 0.2) is 0 Å². The summed E-state index contributed by atoms with van der Waals surface area (Å²) in [4.78, 5) is 27.1. The number of allylic oxidation sites excluding steroid dienone is 1. The predicted octanol–water partition coefficient (Wildman–Crippen LogP) is 4.27. The lowest BCUT2D eigenvalue weighted by Gasteiger charge is -2.19. The number of hydrogen-bond acceptors (Lipinski definition) is 4. The van der Waals surface area contributed by atoms with Crippen molar-refractivity contribution in [3.05, 3.63) is 76.8 Å². The molecule has 0 saturated carbocycles. The molecular formula is C20H16ClF3N4O3. The van der Waals surface area contributed by atoms with Crippen LogP contribution in [0.5, 0.6) is 5.75 Å². The van der Waals surface area contributed by atoms with Gasteiger partial charge in [0, 0.05) is 18.0 Å². The second kappa shape index (κ2) is 9.09. The Morgan fingerprint density at radius 3 is 2.65 bits per heavy atom. The lowest BCUT2D eigenvalue weighted by atomic mass is 10.1. The highest BCUT2D eigenvalue weighted by atomic mass is 35.5. The number of urea groups is 1. The summed E-state index contributed by atoms with van der Waals surface area (Å²) < 4.78 is 44.4. The van der Waals surface area contributed by atoms with Crippen LogP contribution in [0.1, 0.15) is 22.5 Å². The molecule has 1 aromatic heterocycles. The maximum atomic E-state index is 12.9. The van der Waals surface area contributed by atoms with Crippen molar-refractivity contribution in [3.63, 3.8) is 0 Å². The summed E-state index contributed by atoms with van der Waals surface area (Å²) in [6.45, 7) is 0. The first kappa shape index (κ1) is 22.2. The van der Waals surface area contributed by atoms with Crippen LogP contribution in [0, 0.1) is 0 Å². The zero-order valence-electron chi connectivity index (χ0n) is 15.7. The number of carbonyl (C=O) groups is 2. The average Bonchev–Trinajstić information content (AvgIpc) is 2.70. The smallest absolute Gasteiger partial charge is 0.417 e. The Bertz CT molecular complexity index is 1070. The minimum absolute atomic E-state index is 0.0449. The maximum Gasteiger partial charge on any atom is 0.417 e. The number of benzene rings is 1. The summed E-state index contributed by atoms with van der Waals surface area (Å²) in [6.07, 6.45) is 2.11. The van der Waals surface area contributed by atoms with Gasteiger partial charge in [0.1, 0.15) is 17.2 Å². The highest BCUT2D eigenvalue weighted by Crippen LogP contribution is 2.36. The van der Waals surface area contributed by atoms with Gasteiger partial charge in [0.05, 0.1) is 16.6 Å². The molecule has 7 nitrogen and oxygen atoms in total. The van der Waals surface area contributed by atoms with Gasteiger partial charge in [0.25, 0.3) is 5.91 Å². The maximum absolute atomic E-state index is 12.9. The Morgan fingerprint density at radius 2 is 2.00 bits per heavy atom. The second-order valence-electron chi connectivity index (χ2n) is 6.44. The van der Waals surface area contributed by atoms with Gasteiger partial charge in [0.2, 0.25) is 0 Å². The highest BCUT2D eigenvalue weighted by Gasteiger charge is 2.33. The molecule has 0 saturated heterocycles. The van der Waals surface area contributed by atoms with E-state index in [9.17, 15) is 22.8 Å². The van der Waals surface area contributed by atoms with E-state index >= 15 is 0 Å². The fraction of sp³-hybridized carbons (Fsp3) is 0.150. The van der Waals surface area contributed by atoms with Crippen molar-refractivity contribution in [2.75, 3.05) is 5.32 Å². The molecule has 2 aromatic rings. The normalized spacial score (nSPS) is 15.7. The average molecular weight is 453 g/mol. The van der Waals surface area contributed by atoms with Crippen LogP contribution in [0.3, 0.4) is 0 Å². The van der Waals surface area contributed by atoms with Crippen molar-refractivity contribution in [3.8, 4) is 5.75 Å². The third-order valence-corrected chi connectivity index (χ3v) is 4.46. The molecule has 11 heteroatoms. The molecule has 3 rings (SSSR count). The van der Waals surface area contributed by atoms with Crippen LogP contribution in [-0.2, 0) is 6.18 Å². The number of hydrogen-bond donors (Lipinski definition) is 3. The van der Waals surface area contributed by atoms with Gasteiger partial charge in [-0.15, -0.1) is 0 Å². The zero-order valence-corrected chi connectivity index (χ0v) is 16.5. The van der Waals surface area contributed by atoms with Crippen molar-refractivity contribution >= 4 is 29.2 Å². The molecule has 0 aliphatic heterocycles. The largest absolute Gasteiger partial charge is 0.458 e. The van der Waals surface area contributed by atoms with Crippen LogP contribution in [0.4, 0.5) is 23.7 Å². The van der Waals surface area contributed by atoms with Crippen LogP contribution in [0.2, 0.25) is 5.02 Å². The Hall–Kier alpha value is -3.53. The van der Waals surface area contributed by atoms with Gasteiger partial charge in [-0.05, 0) is 42.8 Å². The number of ether oxygens (including phenoxy) is 1. The number of aromatic nitrogens is 1. The van der Waals surface area contributed by atoms with Crippen molar-refractivity contribution < 1.29 is 27.5 Å². The van der Waals surface area contributed by atoms with Crippen molar-refractivity contribution in [2.45, 2.75) is 18.6 Å². The molecule has 1 aliphatic carbocycles. The van der Waals surface area contributed by atoms with E-state index in [-0.39, 0.29) is 11.4 Å². The standard InChI is InChI=1S/C20H16ClF3N4O3/c21-16-6-3-12(9-15(16)20(22,23)24)28-19(30)27-11-1-4-13(5-2-11)31-14-7-8-26-17(10-14)18(25)29/h1,3-11H,2H2,(H2,25,29)(H2,27,28,30). The third kappa shape index (κ3) is 5.98. The van der Waals surface area contributed by atoms with E-state index in [0.717, 1.165) is 12.1 Å². The molecule has 1 aliphatic rings. The number of nitrogens with two attached hydrogens (primary N) is 1. The van der Waals surface area contributed by atoms with Crippen molar-refractivity contribution in [1.82, 2.24) is 10.3 Å². The Balaban J connectivity index is 1.56. The molecule has 0 spiro atoms. The Morgan fingerprint density at radius 1 is 1.23 bits per heavy atom. The van der Waals surface area contributed by atoms with Crippen LogP contribution < -0.4 is 21.1 Å². The van der Waals surface area contributed by atoms with Gasteiger partial charge >= 0.3 is 12.2 Å². The zero-order chi connectivity index (χ0) is 22.6. The number of alkyl halides is 3. The van der Waals surface area contributed by atoms with E-state index in [0.29, 0.717) is 17.9 Å². The molecule has 1 heterocycles. The van der Waals surface area contributed by atoms with Crippen LogP contribution >= 0.6 is 11.6 Å². The first-order valence-electron chi connectivity index (χ1n) is 8.88. The number of nitrogens with zero attached hydrogens (tertiary/aromatic N) is 1. The number of amides is 3. The van der Waals surface area contributed by atoms with E-state index < -0.39 is 34.7 Å². The fourth-order valence-electron chi connectivity index (χ4n) is 2.68. The van der Waals surface area contributed by atoms with Gasteiger partial charge in [-0.25, -0.2) is 4.79 Å². The number of anilines is 1. The SMILES string of the molecule is NC(=O)c1cc(OC2=CCC(NC(=O)Nc3ccc(Cl)c(C(F)(F)F)c3)C=C2)ccn1. The van der Waals surface area contributed by atoms with Gasteiger partial charge in [-0.1, -0.05) is 17.7 Å². The quantitative estimate of drug-likeness (QED) is 0.630. The third-order valence-electron chi connectivity index (χ3n) is 4.13. The highest BCUT2D eigenvalue weighted by molar-refractivity contribution is 6.31. The first-order chi connectivity index (χ1) is 14.6. The lowest BCUT2D eigenvalue weighted by Crippen LogP contribution is -2.37. The number of halogens is 4.